The average molecular weight is 432 g/mol. The molecule has 2 aliphatic heterocycles. The topological polar surface area (TPSA) is 139 Å². The predicted octanol–water partition coefficient (Wildman–Crippen LogP) is 0.443. The number of carbonyl (C=O) groups is 2. The number of amides is 1. The number of aliphatic hydroxyl groups is 1. The second kappa shape index (κ2) is 10.9. The fourth-order valence-electron chi connectivity index (χ4n) is 4.12. The maximum Gasteiger partial charge on any atom is 0.323 e. The second-order valence-corrected chi connectivity index (χ2v) is 7.56. The van der Waals surface area contributed by atoms with Crippen LogP contribution in [0.25, 0.3) is 0 Å². The first kappa shape index (κ1) is 22.7. The number of carbonyl (C=O) groups excluding carboxylic acids is 1. The molecule has 2 aromatic rings. The minimum atomic E-state index is -0.392. The average Bonchev–Trinajstić information content (AvgIpc) is 3.22. The molecule has 2 fully saturated rings. The smallest absolute Gasteiger partial charge is 0.323 e. The van der Waals surface area contributed by atoms with E-state index in [9.17, 15) is 14.7 Å². The van der Waals surface area contributed by atoms with Gasteiger partial charge in [0.25, 0.3) is 12.4 Å². The third-order valence-corrected chi connectivity index (χ3v) is 5.58. The van der Waals surface area contributed by atoms with E-state index >= 15 is 0 Å². The SMILES string of the molecule is O=C(c1c[nH]c(=O)[nH]1)N1CCO[C@@H](CN2CCC(O)CC2)[C@@H]1c1ccccc1.O=CO. The van der Waals surface area contributed by atoms with E-state index in [2.05, 4.69) is 14.9 Å². The summed E-state index contributed by atoms with van der Waals surface area (Å²) in [5.41, 5.74) is 0.874. The molecule has 0 spiro atoms. The van der Waals surface area contributed by atoms with Gasteiger partial charge in [0.05, 0.1) is 24.9 Å². The Bertz CT molecular complexity index is 891. The van der Waals surface area contributed by atoms with Gasteiger partial charge in [-0.05, 0) is 18.4 Å². The molecule has 0 bridgehead atoms. The summed E-state index contributed by atoms with van der Waals surface area (Å²) in [6.07, 6.45) is 2.53. The van der Waals surface area contributed by atoms with Crippen molar-refractivity contribution in [2.24, 2.45) is 0 Å². The molecule has 0 radical (unpaired) electrons. The molecule has 0 unspecified atom stereocenters. The van der Waals surface area contributed by atoms with Crippen LogP contribution in [0.5, 0.6) is 0 Å². The van der Waals surface area contributed by atoms with Crippen LogP contribution < -0.4 is 5.69 Å². The number of aromatic nitrogens is 2. The molecule has 0 aliphatic carbocycles. The molecular weight excluding hydrogens is 404 g/mol. The highest BCUT2D eigenvalue weighted by Gasteiger charge is 2.38. The van der Waals surface area contributed by atoms with Crippen LogP contribution >= 0.6 is 0 Å². The molecule has 2 saturated heterocycles. The normalized spacial score (nSPS) is 22.4. The quantitative estimate of drug-likeness (QED) is 0.514. The Balaban J connectivity index is 0.000000858. The Morgan fingerprint density at radius 1 is 1.19 bits per heavy atom. The van der Waals surface area contributed by atoms with Crippen molar-refractivity contribution in [2.45, 2.75) is 31.1 Å². The largest absolute Gasteiger partial charge is 0.483 e. The molecule has 0 saturated carbocycles. The maximum absolute atomic E-state index is 13.1. The highest BCUT2D eigenvalue weighted by Crippen LogP contribution is 2.31. The van der Waals surface area contributed by atoms with E-state index in [1.165, 1.54) is 6.20 Å². The third-order valence-electron chi connectivity index (χ3n) is 5.58. The van der Waals surface area contributed by atoms with Crippen molar-refractivity contribution in [3.63, 3.8) is 0 Å². The molecule has 2 aliphatic rings. The summed E-state index contributed by atoms with van der Waals surface area (Å²) in [7, 11) is 0. The van der Waals surface area contributed by atoms with E-state index in [-0.39, 0.29) is 36.3 Å². The van der Waals surface area contributed by atoms with Gasteiger partial charge in [0.1, 0.15) is 5.69 Å². The number of hydrogen-bond acceptors (Lipinski definition) is 6. The van der Waals surface area contributed by atoms with Gasteiger partial charge in [0.15, 0.2) is 0 Å². The zero-order valence-electron chi connectivity index (χ0n) is 17.1. The van der Waals surface area contributed by atoms with E-state index < -0.39 is 5.69 Å². The van der Waals surface area contributed by atoms with Crippen LogP contribution in [0.15, 0.2) is 41.3 Å². The summed E-state index contributed by atoms with van der Waals surface area (Å²) >= 11 is 0. The number of imidazole rings is 1. The fourth-order valence-corrected chi connectivity index (χ4v) is 4.12. The number of H-pyrrole nitrogens is 2. The van der Waals surface area contributed by atoms with Gasteiger partial charge in [-0.3, -0.25) is 9.59 Å². The highest BCUT2D eigenvalue weighted by atomic mass is 16.5. The number of likely N-dealkylation sites (tertiary alicyclic amines) is 1. The molecule has 4 N–H and O–H groups in total. The minimum absolute atomic E-state index is 0.180. The maximum atomic E-state index is 13.1. The Kier molecular flexibility index (Phi) is 7.99. The lowest BCUT2D eigenvalue weighted by Crippen LogP contribution is -2.53. The van der Waals surface area contributed by atoms with Gasteiger partial charge in [0.2, 0.25) is 0 Å². The molecule has 10 nitrogen and oxygen atoms in total. The number of nitrogens with one attached hydrogen (secondary N) is 2. The molecule has 31 heavy (non-hydrogen) atoms. The Morgan fingerprint density at radius 3 is 2.48 bits per heavy atom. The van der Waals surface area contributed by atoms with Crippen molar-refractivity contribution in [1.82, 2.24) is 19.8 Å². The predicted molar refractivity (Wildman–Crippen MR) is 112 cm³/mol. The van der Waals surface area contributed by atoms with Crippen molar-refractivity contribution >= 4 is 12.4 Å². The lowest BCUT2D eigenvalue weighted by molar-refractivity contribution is -0.122. The van der Waals surface area contributed by atoms with Gasteiger partial charge in [-0.25, -0.2) is 4.79 Å². The number of carboxylic acid groups (broad SMARTS) is 1. The van der Waals surface area contributed by atoms with Crippen LogP contribution in [-0.2, 0) is 9.53 Å². The fraction of sp³-hybridized carbons (Fsp3) is 0.476. The molecule has 1 amide bonds. The van der Waals surface area contributed by atoms with Gasteiger partial charge in [-0.2, -0.15) is 0 Å². The first-order valence-electron chi connectivity index (χ1n) is 10.3. The first-order chi connectivity index (χ1) is 15.0. The van der Waals surface area contributed by atoms with Crippen molar-refractivity contribution in [1.29, 1.82) is 0 Å². The summed E-state index contributed by atoms with van der Waals surface area (Å²) in [5.74, 6) is -0.213. The number of hydrogen-bond donors (Lipinski definition) is 4. The summed E-state index contributed by atoms with van der Waals surface area (Å²) in [4.78, 5) is 42.1. The zero-order chi connectivity index (χ0) is 22.2. The summed E-state index contributed by atoms with van der Waals surface area (Å²) in [6.45, 7) is 2.99. The van der Waals surface area contributed by atoms with E-state index in [0.29, 0.717) is 19.7 Å². The molecule has 2 atom stereocenters. The summed E-state index contributed by atoms with van der Waals surface area (Å²) in [6, 6.07) is 9.63. The third kappa shape index (κ3) is 5.81. The monoisotopic (exact) mass is 432 g/mol. The van der Waals surface area contributed by atoms with Gasteiger partial charge in [-0.1, -0.05) is 30.3 Å². The van der Waals surface area contributed by atoms with Crippen LogP contribution in [0, 0.1) is 0 Å². The van der Waals surface area contributed by atoms with Crippen molar-refractivity contribution in [2.75, 3.05) is 32.8 Å². The number of aliphatic hydroxyl groups excluding tert-OH is 1. The lowest BCUT2D eigenvalue weighted by atomic mass is 9.96. The van der Waals surface area contributed by atoms with Crippen LogP contribution in [0.1, 0.15) is 34.9 Å². The van der Waals surface area contributed by atoms with Crippen molar-refractivity contribution in [3.8, 4) is 0 Å². The molecule has 3 heterocycles. The van der Waals surface area contributed by atoms with Gasteiger partial charge >= 0.3 is 5.69 Å². The number of ether oxygens (including phenoxy) is 1. The summed E-state index contributed by atoms with van der Waals surface area (Å²) < 4.78 is 6.12. The first-order valence-corrected chi connectivity index (χ1v) is 10.3. The number of aromatic amines is 2. The van der Waals surface area contributed by atoms with Crippen molar-refractivity contribution < 1.29 is 24.5 Å². The highest BCUT2D eigenvalue weighted by molar-refractivity contribution is 5.92. The number of piperidine rings is 1. The lowest BCUT2D eigenvalue weighted by Gasteiger charge is -2.43. The van der Waals surface area contributed by atoms with Gasteiger partial charge < -0.3 is 34.7 Å². The molecule has 168 valence electrons. The number of morpholine rings is 1. The van der Waals surface area contributed by atoms with Gasteiger partial charge in [0, 0.05) is 32.4 Å². The summed E-state index contributed by atoms with van der Waals surface area (Å²) in [5, 5.41) is 16.7. The molecule has 1 aromatic heterocycles. The van der Waals surface area contributed by atoms with E-state index in [1.807, 2.05) is 30.3 Å². The second-order valence-electron chi connectivity index (χ2n) is 7.56. The van der Waals surface area contributed by atoms with Crippen LogP contribution in [0.2, 0.25) is 0 Å². The molecule has 10 heteroatoms. The van der Waals surface area contributed by atoms with E-state index in [0.717, 1.165) is 31.5 Å². The molecule has 1 aromatic carbocycles. The zero-order valence-corrected chi connectivity index (χ0v) is 17.1. The van der Waals surface area contributed by atoms with Crippen LogP contribution in [0.3, 0.4) is 0 Å². The van der Waals surface area contributed by atoms with Gasteiger partial charge in [-0.15, -0.1) is 0 Å². The number of rotatable bonds is 4. The minimum Gasteiger partial charge on any atom is -0.483 e. The van der Waals surface area contributed by atoms with E-state index in [1.54, 1.807) is 4.90 Å². The standard InChI is InChI=1S/C20H26N4O4.CH2O2/c25-15-6-8-23(9-7-15)13-17-18(14-4-2-1-3-5-14)24(10-11-28-17)19(26)16-12-21-20(27)22-16;2-1-3/h1-5,12,15,17-18,25H,6-11,13H2,(H2,21,22,27);1H,(H,2,3)/t17-,18-;/m0./s1. The Hall–Kier alpha value is -2.95. The number of nitrogens with zero attached hydrogens (tertiary/aromatic N) is 2. The molecule has 4 rings (SSSR count). The Labute approximate surface area is 179 Å². The Morgan fingerprint density at radius 2 is 1.87 bits per heavy atom. The van der Waals surface area contributed by atoms with Crippen LogP contribution in [0.4, 0.5) is 0 Å². The van der Waals surface area contributed by atoms with Crippen LogP contribution in [-0.4, -0.2) is 87.4 Å². The number of benzene rings is 1. The van der Waals surface area contributed by atoms with E-state index in [4.69, 9.17) is 14.6 Å². The van der Waals surface area contributed by atoms with Crippen molar-refractivity contribution in [3.05, 3.63) is 58.3 Å². The molecular formula is C21H28N4O6.